The Kier molecular flexibility index (Phi) is 4.69. The van der Waals surface area contributed by atoms with Crippen LogP contribution in [-0.2, 0) is 0 Å². The minimum atomic E-state index is -0.644. The Hall–Kier alpha value is -2.22. The van der Waals surface area contributed by atoms with Crippen molar-refractivity contribution in [2.75, 3.05) is 11.9 Å². The predicted octanol–water partition coefficient (Wildman–Crippen LogP) is 4.12. The molecule has 1 N–H and O–H groups in total. The van der Waals surface area contributed by atoms with Gasteiger partial charge in [0.25, 0.3) is 0 Å². The van der Waals surface area contributed by atoms with Crippen LogP contribution in [-0.4, -0.2) is 16.5 Å². The summed E-state index contributed by atoms with van der Waals surface area (Å²) in [5.41, 5.74) is -0.334. The van der Waals surface area contributed by atoms with E-state index in [4.69, 9.17) is 4.74 Å². The molecule has 0 unspecified atom stereocenters. The molecule has 0 aliphatic carbocycles. The van der Waals surface area contributed by atoms with E-state index >= 15 is 0 Å². The summed E-state index contributed by atoms with van der Waals surface area (Å²) in [6.45, 7) is 2.45. The van der Waals surface area contributed by atoms with E-state index in [0.29, 0.717) is 16.8 Å². The quantitative estimate of drug-likeness (QED) is 0.644. The zero-order valence-electron chi connectivity index (χ0n) is 11.0. The number of ether oxygens (including phenoxy) is 1. The average molecular weight is 356 g/mol. The number of nitro groups is 1. The van der Waals surface area contributed by atoms with Crippen molar-refractivity contribution in [1.29, 1.82) is 0 Å². The smallest absolute Gasteiger partial charge is 0.331 e. The minimum Gasteiger partial charge on any atom is -0.430 e. The standard InChI is InChI=1S/C13H11BrFN3O3/c1-2-16-12-6-4-10(18(19)20)13(17-12)21-11-5-3-8(14)7-9(11)15/h3-7H,2H2,1H3,(H,16,17). The molecule has 0 amide bonds. The zero-order valence-corrected chi connectivity index (χ0v) is 12.6. The Morgan fingerprint density at radius 1 is 1.43 bits per heavy atom. The second-order valence-corrected chi connectivity index (χ2v) is 4.90. The van der Waals surface area contributed by atoms with Crippen LogP contribution in [0.3, 0.4) is 0 Å². The molecule has 0 atom stereocenters. The van der Waals surface area contributed by atoms with E-state index in [-0.39, 0.29) is 17.3 Å². The van der Waals surface area contributed by atoms with Crippen LogP contribution in [0.1, 0.15) is 6.92 Å². The predicted molar refractivity (Wildman–Crippen MR) is 79.2 cm³/mol. The van der Waals surface area contributed by atoms with E-state index in [1.54, 1.807) is 6.07 Å². The van der Waals surface area contributed by atoms with Crippen molar-refractivity contribution in [2.24, 2.45) is 0 Å². The van der Waals surface area contributed by atoms with Gasteiger partial charge in [0, 0.05) is 17.1 Å². The highest BCUT2D eigenvalue weighted by Crippen LogP contribution is 2.32. The van der Waals surface area contributed by atoms with Crippen LogP contribution >= 0.6 is 15.9 Å². The van der Waals surface area contributed by atoms with Gasteiger partial charge >= 0.3 is 11.6 Å². The van der Waals surface area contributed by atoms with Crippen molar-refractivity contribution in [3.05, 3.63) is 50.7 Å². The number of hydrogen-bond donors (Lipinski definition) is 1. The average Bonchev–Trinajstić information content (AvgIpc) is 2.42. The molecule has 8 heteroatoms. The number of halogens is 2. The normalized spacial score (nSPS) is 10.2. The lowest BCUT2D eigenvalue weighted by Gasteiger charge is -2.08. The summed E-state index contributed by atoms with van der Waals surface area (Å²) in [4.78, 5) is 14.3. The number of nitrogens with zero attached hydrogens (tertiary/aromatic N) is 2. The SMILES string of the molecule is CCNc1ccc([N+](=O)[O-])c(Oc2ccc(Br)cc2F)n1. The highest BCUT2D eigenvalue weighted by atomic mass is 79.9. The van der Waals surface area contributed by atoms with Crippen molar-refractivity contribution in [2.45, 2.75) is 6.92 Å². The van der Waals surface area contributed by atoms with Gasteiger partial charge in [0.1, 0.15) is 5.82 Å². The van der Waals surface area contributed by atoms with Crippen molar-refractivity contribution in [1.82, 2.24) is 4.98 Å². The first-order valence-electron chi connectivity index (χ1n) is 6.03. The molecule has 1 aromatic heterocycles. The van der Waals surface area contributed by atoms with E-state index in [9.17, 15) is 14.5 Å². The van der Waals surface area contributed by atoms with Gasteiger partial charge in [-0.15, -0.1) is 0 Å². The molecule has 110 valence electrons. The number of benzene rings is 1. The summed E-state index contributed by atoms with van der Waals surface area (Å²) in [7, 11) is 0. The van der Waals surface area contributed by atoms with E-state index in [2.05, 4.69) is 26.2 Å². The molecule has 2 aromatic rings. The van der Waals surface area contributed by atoms with Gasteiger partial charge in [0.15, 0.2) is 11.6 Å². The fourth-order valence-electron chi connectivity index (χ4n) is 1.59. The summed E-state index contributed by atoms with van der Waals surface area (Å²) in [6, 6.07) is 6.86. The van der Waals surface area contributed by atoms with Crippen LogP contribution in [0.5, 0.6) is 11.6 Å². The fraction of sp³-hybridized carbons (Fsp3) is 0.154. The third-order valence-corrected chi connectivity index (χ3v) is 2.99. The lowest BCUT2D eigenvalue weighted by atomic mass is 10.3. The highest BCUT2D eigenvalue weighted by Gasteiger charge is 2.19. The number of anilines is 1. The lowest BCUT2D eigenvalue weighted by Crippen LogP contribution is -2.03. The molecule has 2 rings (SSSR count). The van der Waals surface area contributed by atoms with Gasteiger partial charge in [-0.3, -0.25) is 10.1 Å². The molecule has 0 aliphatic heterocycles. The van der Waals surface area contributed by atoms with Crippen LogP contribution in [0.15, 0.2) is 34.8 Å². The maximum Gasteiger partial charge on any atom is 0.331 e. The second-order valence-electron chi connectivity index (χ2n) is 3.99. The topological polar surface area (TPSA) is 77.3 Å². The third-order valence-electron chi connectivity index (χ3n) is 2.50. The largest absolute Gasteiger partial charge is 0.430 e. The fourth-order valence-corrected chi connectivity index (χ4v) is 1.92. The van der Waals surface area contributed by atoms with Crippen LogP contribution in [0.25, 0.3) is 0 Å². The molecule has 0 saturated heterocycles. The number of rotatable bonds is 5. The van der Waals surface area contributed by atoms with Crippen molar-refractivity contribution in [3.8, 4) is 11.6 Å². The number of aromatic nitrogens is 1. The number of hydrogen-bond acceptors (Lipinski definition) is 5. The van der Waals surface area contributed by atoms with Crippen molar-refractivity contribution in [3.63, 3.8) is 0 Å². The molecule has 0 spiro atoms. The first-order chi connectivity index (χ1) is 10.0. The second kappa shape index (κ2) is 6.49. The van der Waals surface area contributed by atoms with Gasteiger partial charge in [-0.25, -0.2) is 4.39 Å². The first kappa shape index (κ1) is 15.2. The van der Waals surface area contributed by atoms with E-state index in [1.807, 2.05) is 6.92 Å². The van der Waals surface area contributed by atoms with Gasteiger partial charge in [-0.2, -0.15) is 4.98 Å². The monoisotopic (exact) mass is 355 g/mol. The summed E-state index contributed by atoms with van der Waals surface area (Å²) in [6.07, 6.45) is 0. The van der Waals surface area contributed by atoms with Gasteiger partial charge in [-0.05, 0) is 31.2 Å². The molecular weight excluding hydrogens is 345 g/mol. The summed E-state index contributed by atoms with van der Waals surface area (Å²) >= 11 is 3.12. The van der Waals surface area contributed by atoms with Gasteiger partial charge in [-0.1, -0.05) is 15.9 Å². The van der Waals surface area contributed by atoms with Gasteiger partial charge in [0.2, 0.25) is 0 Å². The van der Waals surface area contributed by atoms with Crippen LogP contribution in [0.4, 0.5) is 15.9 Å². The van der Waals surface area contributed by atoms with E-state index in [1.165, 1.54) is 24.3 Å². The zero-order chi connectivity index (χ0) is 15.4. The molecule has 1 heterocycles. The Balaban J connectivity index is 2.40. The van der Waals surface area contributed by atoms with E-state index < -0.39 is 10.7 Å². The molecule has 0 bridgehead atoms. The maximum absolute atomic E-state index is 13.7. The molecule has 0 saturated carbocycles. The maximum atomic E-state index is 13.7. The Morgan fingerprint density at radius 3 is 2.81 bits per heavy atom. The summed E-state index contributed by atoms with van der Waals surface area (Å²) in [5, 5.41) is 13.9. The van der Waals surface area contributed by atoms with E-state index in [0.717, 1.165) is 0 Å². The molecule has 0 fully saturated rings. The summed E-state index contributed by atoms with van der Waals surface area (Å²) in [5.74, 6) is -0.632. The number of nitrogens with one attached hydrogen (secondary N) is 1. The van der Waals surface area contributed by atoms with Crippen LogP contribution in [0.2, 0.25) is 0 Å². The summed E-state index contributed by atoms with van der Waals surface area (Å²) < 4.78 is 19.5. The van der Waals surface area contributed by atoms with Crippen molar-refractivity contribution < 1.29 is 14.1 Å². The molecule has 0 radical (unpaired) electrons. The van der Waals surface area contributed by atoms with Crippen molar-refractivity contribution >= 4 is 27.4 Å². The molecular formula is C13H11BrFN3O3. The third kappa shape index (κ3) is 3.66. The molecule has 21 heavy (non-hydrogen) atoms. The van der Waals surface area contributed by atoms with Crippen LogP contribution in [0, 0.1) is 15.9 Å². The first-order valence-corrected chi connectivity index (χ1v) is 6.82. The molecule has 1 aromatic carbocycles. The highest BCUT2D eigenvalue weighted by molar-refractivity contribution is 9.10. The lowest BCUT2D eigenvalue weighted by molar-refractivity contribution is -0.386. The molecule has 0 aliphatic rings. The Morgan fingerprint density at radius 2 is 2.19 bits per heavy atom. The minimum absolute atomic E-state index is 0.137. The Labute approximate surface area is 128 Å². The van der Waals surface area contributed by atoms with Crippen LogP contribution < -0.4 is 10.1 Å². The Bertz CT molecular complexity index is 682. The van der Waals surface area contributed by atoms with Gasteiger partial charge in [0.05, 0.1) is 4.92 Å². The molecule has 6 nitrogen and oxygen atoms in total. The number of pyridine rings is 1. The van der Waals surface area contributed by atoms with Gasteiger partial charge < -0.3 is 10.1 Å².